The van der Waals surface area contributed by atoms with Gasteiger partial charge in [-0.1, -0.05) is 5.11 Å². The summed E-state index contributed by atoms with van der Waals surface area (Å²) in [6, 6.07) is 0. The fraction of sp³-hybridized carbons (Fsp3) is 1.00. The predicted molar refractivity (Wildman–Crippen MR) is 53.3 cm³/mol. The average Bonchev–Trinajstić information content (AvgIpc) is 2.58. The minimum Gasteiger partial charge on any atom is -0.364 e. The van der Waals surface area contributed by atoms with Crippen LogP contribution in [0.4, 0.5) is 0 Å². The first-order valence-corrected chi connectivity index (χ1v) is 5.12. The molecule has 90 valence electrons. The highest BCUT2D eigenvalue weighted by molar-refractivity contribution is 5.00. The fourth-order valence-electron chi connectivity index (χ4n) is 2.17. The summed E-state index contributed by atoms with van der Waals surface area (Å²) < 4.78 is 16.5. The van der Waals surface area contributed by atoms with Gasteiger partial charge in [0.15, 0.2) is 11.6 Å². The smallest absolute Gasteiger partial charge is 0.192 e. The monoisotopic (exact) mass is 229 g/mol. The SMILES string of the molecule is CC1(C)O[C@H]2[C@@H](CN=[N+]=[N-])O[C@](C)(O)[C@H]2O1. The molecule has 0 unspecified atom stereocenters. The molecule has 0 aromatic heterocycles. The zero-order valence-corrected chi connectivity index (χ0v) is 9.45. The maximum absolute atomic E-state index is 10.0. The van der Waals surface area contributed by atoms with E-state index in [4.69, 9.17) is 19.7 Å². The molecule has 2 heterocycles. The molecule has 0 aliphatic carbocycles. The molecule has 2 rings (SSSR count). The Bertz CT molecular complexity index is 338. The normalized spacial score (nSPS) is 45.1. The standard InChI is InChI=1S/C9H15N3O4/c1-8(2)15-6-5(4-11-12-10)14-9(3,13)7(6)16-8/h5-7,13H,4H2,1-3H3/t5-,6+,7+,9+/m1/s1. The quantitative estimate of drug-likeness (QED) is 0.432. The van der Waals surface area contributed by atoms with Crippen molar-refractivity contribution < 1.29 is 19.3 Å². The predicted octanol–water partition coefficient (Wildman–Crippen LogP) is 0.924. The summed E-state index contributed by atoms with van der Waals surface area (Å²) in [5.74, 6) is -2.16. The van der Waals surface area contributed by atoms with Crippen LogP contribution < -0.4 is 0 Å². The Morgan fingerprint density at radius 1 is 1.31 bits per heavy atom. The van der Waals surface area contributed by atoms with Gasteiger partial charge in [0.05, 0.1) is 12.6 Å². The Labute approximate surface area is 92.9 Å². The third-order valence-corrected chi connectivity index (χ3v) is 2.74. The van der Waals surface area contributed by atoms with Gasteiger partial charge in [-0.05, 0) is 26.3 Å². The van der Waals surface area contributed by atoms with Gasteiger partial charge in [0.2, 0.25) is 0 Å². The molecule has 2 saturated heterocycles. The molecule has 4 atom stereocenters. The van der Waals surface area contributed by atoms with Crippen LogP contribution in [0.5, 0.6) is 0 Å². The molecule has 0 radical (unpaired) electrons. The largest absolute Gasteiger partial charge is 0.364 e. The lowest BCUT2D eigenvalue weighted by molar-refractivity contribution is -0.264. The molecule has 0 aromatic carbocycles. The van der Waals surface area contributed by atoms with Crippen LogP contribution in [-0.2, 0) is 14.2 Å². The van der Waals surface area contributed by atoms with Crippen LogP contribution in [0.1, 0.15) is 20.8 Å². The fourth-order valence-corrected chi connectivity index (χ4v) is 2.17. The van der Waals surface area contributed by atoms with E-state index < -0.39 is 29.9 Å². The van der Waals surface area contributed by atoms with Crippen molar-refractivity contribution in [1.82, 2.24) is 0 Å². The first-order valence-electron chi connectivity index (χ1n) is 5.12. The zero-order chi connectivity index (χ0) is 12.0. The summed E-state index contributed by atoms with van der Waals surface area (Å²) in [7, 11) is 0. The number of fused-ring (bicyclic) bond motifs is 1. The van der Waals surface area contributed by atoms with Crippen molar-refractivity contribution in [3.63, 3.8) is 0 Å². The van der Waals surface area contributed by atoms with Crippen LogP contribution in [0.15, 0.2) is 5.11 Å². The van der Waals surface area contributed by atoms with Crippen molar-refractivity contribution in [2.45, 2.75) is 50.7 Å². The molecule has 2 aliphatic heterocycles. The maximum atomic E-state index is 10.0. The Hall–Kier alpha value is -0.850. The number of nitrogens with zero attached hydrogens (tertiary/aromatic N) is 3. The molecule has 2 aliphatic rings. The molecule has 2 fully saturated rings. The maximum Gasteiger partial charge on any atom is 0.192 e. The number of hydrogen-bond donors (Lipinski definition) is 1. The topological polar surface area (TPSA) is 96.7 Å². The van der Waals surface area contributed by atoms with Gasteiger partial charge >= 0.3 is 0 Å². The molecular weight excluding hydrogens is 214 g/mol. The van der Waals surface area contributed by atoms with E-state index in [2.05, 4.69) is 10.0 Å². The Kier molecular flexibility index (Phi) is 2.60. The molecule has 1 N–H and O–H groups in total. The lowest BCUT2D eigenvalue weighted by atomic mass is 10.1. The highest BCUT2D eigenvalue weighted by atomic mass is 16.8. The molecule has 0 amide bonds. The van der Waals surface area contributed by atoms with Crippen LogP contribution in [0.2, 0.25) is 0 Å². The van der Waals surface area contributed by atoms with Crippen molar-refractivity contribution in [3.05, 3.63) is 10.4 Å². The number of ether oxygens (including phenoxy) is 3. The average molecular weight is 229 g/mol. The van der Waals surface area contributed by atoms with E-state index in [1.54, 1.807) is 13.8 Å². The molecule has 0 bridgehead atoms. The van der Waals surface area contributed by atoms with Gasteiger partial charge in [0, 0.05) is 4.91 Å². The summed E-state index contributed by atoms with van der Waals surface area (Å²) in [5, 5.41) is 13.4. The first kappa shape index (κ1) is 11.6. The molecule has 0 spiro atoms. The van der Waals surface area contributed by atoms with Crippen molar-refractivity contribution in [1.29, 1.82) is 0 Å². The number of azide groups is 1. The van der Waals surface area contributed by atoms with E-state index in [1.807, 2.05) is 0 Å². The number of hydrogen-bond acceptors (Lipinski definition) is 5. The highest BCUT2D eigenvalue weighted by Crippen LogP contribution is 2.42. The molecule has 7 heteroatoms. The minimum atomic E-state index is -1.41. The lowest BCUT2D eigenvalue weighted by Crippen LogP contribution is -2.40. The van der Waals surface area contributed by atoms with Gasteiger partial charge in [-0.25, -0.2) is 0 Å². The second-order valence-electron chi connectivity index (χ2n) is 4.65. The van der Waals surface area contributed by atoms with E-state index in [9.17, 15) is 5.11 Å². The molecule has 0 aromatic rings. The summed E-state index contributed by atoms with van der Waals surface area (Å²) in [4.78, 5) is 2.66. The first-order chi connectivity index (χ1) is 7.36. The van der Waals surface area contributed by atoms with Gasteiger partial charge < -0.3 is 19.3 Å². The molecular formula is C9H15N3O4. The third kappa shape index (κ3) is 1.88. The van der Waals surface area contributed by atoms with E-state index in [0.717, 1.165) is 0 Å². The Morgan fingerprint density at radius 3 is 2.62 bits per heavy atom. The van der Waals surface area contributed by atoms with Crippen LogP contribution in [0.3, 0.4) is 0 Å². The van der Waals surface area contributed by atoms with Crippen LogP contribution in [0.25, 0.3) is 10.4 Å². The molecule has 7 nitrogen and oxygen atoms in total. The third-order valence-electron chi connectivity index (χ3n) is 2.74. The Morgan fingerprint density at radius 2 is 2.00 bits per heavy atom. The molecule has 0 saturated carbocycles. The van der Waals surface area contributed by atoms with Crippen molar-refractivity contribution in [2.24, 2.45) is 5.11 Å². The van der Waals surface area contributed by atoms with Crippen LogP contribution in [0, 0.1) is 0 Å². The van der Waals surface area contributed by atoms with Crippen LogP contribution in [-0.4, -0.2) is 41.5 Å². The lowest BCUT2D eigenvalue weighted by Gasteiger charge is -2.26. The van der Waals surface area contributed by atoms with Gasteiger partial charge in [0.25, 0.3) is 0 Å². The number of rotatable bonds is 2. The van der Waals surface area contributed by atoms with Crippen molar-refractivity contribution >= 4 is 0 Å². The number of aliphatic hydroxyl groups is 1. The van der Waals surface area contributed by atoms with E-state index in [0.29, 0.717) is 0 Å². The van der Waals surface area contributed by atoms with E-state index in [-0.39, 0.29) is 6.54 Å². The zero-order valence-electron chi connectivity index (χ0n) is 9.45. The van der Waals surface area contributed by atoms with Crippen LogP contribution >= 0.6 is 0 Å². The second-order valence-corrected chi connectivity index (χ2v) is 4.65. The summed E-state index contributed by atoms with van der Waals surface area (Å²) in [6.45, 7) is 5.18. The minimum absolute atomic E-state index is 0.118. The summed E-state index contributed by atoms with van der Waals surface area (Å²) in [6.07, 6.45) is -1.44. The second kappa shape index (κ2) is 3.58. The Balaban J connectivity index is 2.17. The van der Waals surface area contributed by atoms with Crippen molar-refractivity contribution in [3.8, 4) is 0 Å². The summed E-state index contributed by atoms with van der Waals surface area (Å²) in [5.41, 5.74) is 8.27. The van der Waals surface area contributed by atoms with Gasteiger partial charge in [-0.3, -0.25) is 0 Å². The van der Waals surface area contributed by atoms with Gasteiger partial charge in [0.1, 0.15) is 12.2 Å². The van der Waals surface area contributed by atoms with Gasteiger partial charge in [-0.2, -0.15) is 0 Å². The highest BCUT2D eigenvalue weighted by Gasteiger charge is 2.60. The van der Waals surface area contributed by atoms with E-state index >= 15 is 0 Å². The van der Waals surface area contributed by atoms with Crippen molar-refractivity contribution in [2.75, 3.05) is 6.54 Å². The summed E-state index contributed by atoms with van der Waals surface area (Å²) >= 11 is 0. The molecule has 16 heavy (non-hydrogen) atoms. The van der Waals surface area contributed by atoms with E-state index in [1.165, 1.54) is 6.92 Å². The van der Waals surface area contributed by atoms with Gasteiger partial charge in [-0.15, -0.1) is 0 Å².